The minimum absolute atomic E-state index is 0.120. The van der Waals surface area contributed by atoms with Crippen LogP contribution in [0.4, 0.5) is 5.69 Å². The molecule has 1 saturated carbocycles. The van der Waals surface area contributed by atoms with E-state index in [4.69, 9.17) is 0 Å². The summed E-state index contributed by atoms with van der Waals surface area (Å²) in [5.41, 5.74) is 3.29. The highest BCUT2D eigenvalue weighted by molar-refractivity contribution is 7.92. The van der Waals surface area contributed by atoms with Crippen molar-refractivity contribution in [3.05, 3.63) is 65.2 Å². The Morgan fingerprint density at radius 1 is 1.00 bits per heavy atom. The van der Waals surface area contributed by atoms with E-state index in [1.54, 1.807) is 25.1 Å². The number of hydrogen-bond acceptors (Lipinski definition) is 4. The number of amides is 2. The molecule has 1 N–H and O–H groups in total. The van der Waals surface area contributed by atoms with Gasteiger partial charge in [0.05, 0.1) is 11.9 Å². The number of carbonyl (C=O) groups is 2. The van der Waals surface area contributed by atoms with Crippen molar-refractivity contribution in [1.82, 2.24) is 10.2 Å². The summed E-state index contributed by atoms with van der Waals surface area (Å²) in [5.74, 6) is -0.636. The summed E-state index contributed by atoms with van der Waals surface area (Å²) in [5, 5.41) is 3.11. The molecule has 2 amide bonds. The van der Waals surface area contributed by atoms with Crippen molar-refractivity contribution in [2.75, 3.05) is 17.1 Å². The Labute approximate surface area is 209 Å². The molecule has 1 aliphatic carbocycles. The molecule has 2 aromatic carbocycles. The summed E-state index contributed by atoms with van der Waals surface area (Å²) in [6, 6.07) is 14.2. The van der Waals surface area contributed by atoms with Gasteiger partial charge in [-0.25, -0.2) is 8.42 Å². The lowest BCUT2D eigenvalue weighted by Crippen LogP contribution is -2.52. The number of rotatable bonds is 9. The summed E-state index contributed by atoms with van der Waals surface area (Å²) >= 11 is 0. The lowest BCUT2D eigenvalue weighted by Gasteiger charge is -2.33. The first-order valence-electron chi connectivity index (χ1n) is 12.2. The Bertz CT molecular complexity index is 1130. The third-order valence-corrected chi connectivity index (χ3v) is 7.70. The van der Waals surface area contributed by atoms with E-state index in [-0.39, 0.29) is 25.0 Å². The second-order valence-electron chi connectivity index (χ2n) is 9.64. The standard InChI is InChI=1S/C27H37N3O4S/c1-20-13-15-23(16-14-20)18-29(22(3)27(32)28-24-10-6-5-7-11-24)26(31)19-30(35(4,33)34)25-12-8-9-21(2)17-25/h8-9,12-17,22,24H,5-7,10-11,18-19H2,1-4H3,(H,28,32)/t22-/m1/s1. The monoisotopic (exact) mass is 499 g/mol. The van der Waals surface area contributed by atoms with Crippen molar-refractivity contribution in [1.29, 1.82) is 0 Å². The summed E-state index contributed by atoms with van der Waals surface area (Å²) in [6.45, 7) is 5.40. The third-order valence-electron chi connectivity index (χ3n) is 6.56. The van der Waals surface area contributed by atoms with Crippen LogP contribution < -0.4 is 9.62 Å². The maximum atomic E-state index is 13.6. The van der Waals surface area contributed by atoms with Crippen molar-refractivity contribution in [2.24, 2.45) is 0 Å². The molecule has 0 aromatic heterocycles. The molecule has 2 aromatic rings. The van der Waals surface area contributed by atoms with Gasteiger partial charge in [0.2, 0.25) is 21.8 Å². The van der Waals surface area contributed by atoms with Crippen molar-refractivity contribution >= 4 is 27.5 Å². The van der Waals surface area contributed by atoms with Crippen LogP contribution in [0.5, 0.6) is 0 Å². The molecule has 0 bridgehead atoms. The average molecular weight is 500 g/mol. The first kappa shape index (κ1) is 26.7. The molecule has 7 nitrogen and oxygen atoms in total. The zero-order valence-electron chi connectivity index (χ0n) is 21.2. The van der Waals surface area contributed by atoms with Crippen molar-refractivity contribution in [3.8, 4) is 0 Å². The van der Waals surface area contributed by atoms with Gasteiger partial charge in [0.15, 0.2) is 0 Å². The van der Waals surface area contributed by atoms with Gasteiger partial charge >= 0.3 is 0 Å². The highest BCUT2D eigenvalue weighted by Gasteiger charge is 2.31. The zero-order valence-corrected chi connectivity index (χ0v) is 22.0. The molecule has 0 spiro atoms. The normalized spacial score (nSPS) is 15.3. The maximum Gasteiger partial charge on any atom is 0.244 e. The van der Waals surface area contributed by atoms with Crippen LogP contribution >= 0.6 is 0 Å². The highest BCUT2D eigenvalue weighted by atomic mass is 32.2. The molecule has 1 aliphatic rings. The lowest BCUT2D eigenvalue weighted by molar-refractivity contribution is -0.139. The van der Waals surface area contributed by atoms with Crippen LogP contribution in [0.1, 0.15) is 55.7 Å². The van der Waals surface area contributed by atoms with Gasteiger partial charge in [0.1, 0.15) is 12.6 Å². The Morgan fingerprint density at radius 3 is 2.26 bits per heavy atom. The van der Waals surface area contributed by atoms with Crippen LogP contribution in [0, 0.1) is 13.8 Å². The van der Waals surface area contributed by atoms with Gasteiger partial charge in [-0.1, -0.05) is 61.2 Å². The Morgan fingerprint density at radius 2 is 1.66 bits per heavy atom. The molecular formula is C27H37N3O4S. The van der Waals surface area contributed by atoms with E-state index in [1.807, 2.05) is 44.2 Å². The fourth-order valence-corrected chi connectivity index (χ4v) is 5.28. The second-order valence-corrected chi connectivity index (χ2v) is 11.5. The average Bonchev–Trinajstić information content (AvgIpc) is 2.81. The van der Waals surface area contributed by atoms with Gasteiger partial charge in [-0.2, -0.15) is 0 Å². The summed E-state index contributed by atoms with van der Waals surface area (Å²) < 4.78 is 26.4. The van der Waals surface area contributed by atoms with E-state index in [0.717, 1.165) is 52.9 Å². The molecule has 1 fully saturated rings. The van der Waals surface area contributed by atoms with Gasteiger partial charge in [-0.15, -0.1) is 0 Å². The van der Waals surface area contributed by atoms with E-state index in [2.05, 4.69) is 5.32 Å². The van der Waals surface area contributed by atoms with Crippen LogP contribution in [0.15, 0.2) is 48.5 Å². The van der Waals surface area contributed by atoms with Crippen LogP contribution in [-0.2, 0) is 26.2 Å². The Kier molecular flexibility index (Phi) is 8.94. The number of sulfonamides is 1. The largest absolute Gasteiger partial charge is 0.352 e. The minimum Gasteiger partial charge on any atom is -0.352 e. The topological polar surface area (TPSA) is 86.8 Å². The predicted octanol–water partition coefficient (Wildman–Crippen LogP) is 3.94. The third kappa shape index (κ3) is 7.56. The molecule has 3 rings (SSSR count). The van der Waals surface area contributed by atoms with Gasteiger partial charge in [-0.3, -0.25) is 13.9 Å². The molecular weight excluding hydrogens is 462 g/mol. The molecule has 0 heterocycles. The number of carbonyl (C=O) groups excluding carboxylic acids is 2. The SMILES string of the molecule is Cc1ccc(CN(C(=O)CN(c2cccc(C)c2)S(C)(=O)=O)[C@H](C)C(=O)NC2CCCCC2)cc1. The fraction of sp³-hybridized carbons (Fsp3) is 0.481. The van der Waals surface area contributed by atoms with E-state index in [0.29, 0.717) is 5.69 Å². The molecule has 1 atom stereocenters. The lowest BCUT2D eigenvalue weighted by atomic mass is 9.95. The zero-order chi connectivity index (χ0) is 25.6. The quantitative estimate of drug-likeness (QED) is 0.566. The molecule has 8 heteroatoms. The summed E-state index contributed by atoms with van der Waals surface area (Å²) in [4.78, 5) is 28.3. The second kappa shape index (κ2) is 11.7. The maximum absolute atomic E-state index is 13.6. The number of nitrogens with zero attached hydrogens (tertiary/aromatic N) is 2. The summed E-state index contributed by atoms with van der Waals surface area (Å²) in [7, 11) is -3.73. The highest BCUT2D eigenvalue weighted by Crippen LogP contribution is 2.21. The predicted molar refractivity (Wildman–Crippen MR) is 140 cm³/mol. The minimum atomic E-state index is -3.73. The van der Waals surface area contributed by atoms with Crippen LogP contribution in [0.25, 0.3) is 0 Å². The number of hydrogen-bond donors (Lipinski definition) is 1. The number of anilines is 1. The van der Waals surface area contributed by atoms with E-state index in [1.165, 1.54) is 11.3 Å². The number of nitrogens with one attached hydrogen (secondary N) is 1. The fourth-order valence-electron chi connectivity index (χ4n) is 4.44. The van der Waals surface area contributed by atoms with Gasteiger partial charge in [-0.05, 0) is 56.9 Å². The van der Waals surface area contributed by atoms with Gasteiger partial charge in [0.25, 0.3) is 0 Å². The van der Waals surface area contributed by atoms with Gasteiger partial charge in [0, 0.05) is 12.6 Å². The van der Waals surface area contributed by atoms with Crippen molar-refractivity contribution in [2.45, 2.75) is 71.5 Å². The van der Waals surface area contributed by atoms with Gasteiger partial charge < -0.3 is 10.2 Å². The smallest absolute Gasteiger partial charge is 0.244 e. The molecule has 0 unspecified atom stereocenters. The first-order valence-corrected chi connectivity index (χ1v) is 14.1. The number of aryl methyl sites for hydroxylation is 2. The van der Waals surface area contributed by atoms with Crippen molar-refractivity contribution in [3.63, 3.8) is 0 Å². The van der Waals surface area contributed by atoms with E-state index >= 15 is 0 Å². The van der Waals surface area contributed by atoms with Crippen LogP contribution in [-0.4, -0.2) is 50.0 Å². The molecule has 35 heavy (non-hydrogen) atoms. The summed E-state index contributed by atoms with van der Waals surface area (Å²) in [6.07, 6.45) is 6.34. The Balaban J connectivity index is 1.86. The molecule has 190 valence electrons. The van der Waals surface area contributed by atoms with Crippen molar-refractivity contribution < 1.29 is 18.0 Å². The van der Waals surface area contributed by atoms with Crippen LogP contribution in [0.3, 0.4) is 0 Å². The van der Waals surface area contributed by atoms with Crippen LogP contribution in [0.2, 0.25) is 0 Å². The molecule has 0 aliphatic heterocycles. The van der Waals surface area contributed by atoms with E-state index < -0.39 is 22.0 Å². The molecule has 0 saturated heterocycles. The number of benzene rings is 2. The Hall–Kier alpha value is -2.87. The van der Waals surface area contributed by atoms with E-state index in [9.17, 15) is 18.0 Å². The molecule has 0 radical (unpaired) electrons. The first-order chi connectivity index (χ1) is 16.5.